The highest BCUT2D eigenvalue weighted by Crippen LogP contribution is 2.18. The average Bonchev–Trinajstić information content (AvgIpc) is 3.17. The molecule has 138 valence electrons. The summed E-state index contributed by atoms with van der Waals surface area (Å²) >= 11 is 0. The Morgan fingerprint density at radius 2 is 1.96 bits per heavy atom. The van der Waals surface area contributed by atoms with Crippen molar-refractivity contribution in [2.45, 2.75) is 6.54 Å². The Bertz CT molecular complexity index is 1150. The second-order valence-corrected chi connectivity index (χ2v) is 5.93. The summed E-state index contributed by atoms with van der Waals surface area (Å²) in [6, 6.07) is 16.8. The van der Waals surface area contributed by atoms with E-state index < -0.39 is 0 Å². The number of para-hydroxylation sites is 1. The minimum Gasteiger partial charge on any atom is -0.465 e. The molecule has 0 atom stereocenters. The topological polar surface area (TPSA) is 94.6 Å². The lowest BCUT2D eigenvalue weighted by Crippen LogP contribution is -2.01. The number of benzene rings is 2. The summed E-state index contributed by atoms with van der Waals surface area (Å²) in [5, 5.41) is 13.4. The van der Waals surface area contributed by atoms with Crippen LogP contribution < -0.4 is 0 Å². The van der Waals surface area contributed by atoms with E-state index in [1.54, 1.807) is 35.3 Å². The maximum absolute atomic E-state index is 11.6. The number of rotatable bonds is 5. The number of hydrogen-bond donors (Lipinski definition) is 0. The quantitative estimate of drug-likeness (QED) is 0.391. The standard InChI is InChI=1S/C20H16N6O2/c1-28-19(27)15-7-5-6-14(10-15)11-22-25-20-21-12-16-13-23-26(18(16)24-20)17-8-3-2-4-9-17/h2-10,12-13H,11H2,1H3. The van der Waals surface area contributed by atoms with E-state index in [1.165, 1.54) is 7.11 Å². The van der Waals surface area contributed by atoms with Crippen LogP contribution in [0, 0.1) is 0 Å². The molecule has 8 nitrogen and oxygen atoms in total. The fourth-order valence-corrected chi connectivity index (χ4v) is 2.71. The van der Waals surface area contributed by atoms with Crippen LogP contribution in [0.25, 0.3) is 16.7 Å². The highest BCUT2D eigenvalue weighted by molar-refractivity contribution is 5.89. The van der Waals surface area contributed by atoms with E-state index in [1.807, 2.05) is 36.4 Å². The van der Waals surface area contributed by atoms with Gasteiger partial charge in [0, 0.05) is 6.20 Å². The number of nitrogens with zero attached hydrogens (tertiary/aromatic N) is 6. The number of esters is 1. The molecular weight excluding hydrogens is 356 g/mol. The van der Waals surface area contributed by atoms with Gasteiger partial charge in [-0.05, 0) is 29.8 Å². The predicted molar refractivity (Wildman–Crippen MR) is 103 cm³/mol. The Hall–Kier alpha value is -3.94. The molecule has 8 heteroatoms. The SMILES string of the molecule is COC(=O)c1cccc(CN=Nc2ncc3cnn(-c4ccccc4)c3n2)c1. The molecule has 2 aromatic carbocycles. The Morgan fingerprint density at radius 3 is 2.79 bits per heavy atom. The Kier molecular flexibility index (Phi) is 4.83. The van der Waals surface area contributed by atoms with E-state index in [4.69, 9.17) is 4.74 Å². The third-order valence-corrected chi connectivity index (χ3v) is 4.06. The van der Waals surface area contributed by atoms with Gasteiger partial charge in [0.05, 0.1) is 36.5 Å². The van der Waals surface area contributed by atoms with E-state index in [0.29, 0.717) is 17.8 Å². The van der Waals surface area contributed by atoms with Crippen molar-refractivity contribution in [1.29, 1.82) is 0 Å². The summed E-state index contributed by atoms with van der Waals surface area (Å²) in [6.45, 7) is 0.296. The monoisotopic (exact) mass is 372 g/mol. The van der Waals surface area contributed by atoms with Crippen molar-refractivity contribution in [3.63, 3.8) is 0 Å². The zero-order chi connectivity index (χ0) is 19.3. The zero-order valence-electron chi connectivity index (χ0n) is 15.1. The first-order valence-electron chi connectivity index (χ1n) is 8.55. The van der Waals surface area contributed by atoms with Crippen LogP contribution in [0.2, 0.25) is 0 Å². The molecule has 0 saturated carbocycles. The molecule has 2 heterocycles. The average molecular weight is 372 g/mol. The van der Waals surface area contributed by atoms with Crippen LogP contribution >= 0.6 is 0 Å². The van der Waals surface area contributed by atoms with Crippen molar-refractivity contribution in [2.24, 2.45) is 10.2 Å². The van der Waals surface area contributed by atoms with E-state index in [2.05, 4.69) is 25.3 Å². The lowest BCUT2D eigenvalue weighted by Gasteiger charge is -2.02. The van der Waals surface area contributed by atoms with Crippen LogP contribution in [0.4, 0.5) is 5.95 Å². The minimum atomic E-state index is -0.387. The Balaban J connectivity index is 1.56. The summed E-state index contributed by atoms with van der Waals surface area (Å²) in [6.07, 6.45) is 3.38. The molecule has 28 heavy (non-hydrogen) atoms. The lowest BCUT2D eigenvalue weighted by atomic mass is 10.1. The largest absolute Gasteiger partial charge is 0.465 e. The third kappa shape index (κ3) is 3.61. The van der Waals surface area contributed by atoms with E-state index in [0.717, 1.165) is 16.6 Å². The fraction of sp³-hybridized carbons (Fsp3) is 0.100. The number of carbonyl (C=O) groups excluding carboxylic acids is 1. The van der Waals surface area contributed by atoms with Gasteiger partial charge in [0.1, 0.15) is 0 Å². The van der Waals surface area contributed by atoms with Crippen LogP contribution in [-0.4, -0.2) is 32.8 Å². The van der Waals surface area contributed by atoms with Gasteiger partial charge in [-0.2, -0.15) is 15.2 Å². The first kappa shape index (κ1) is 17.5. The van der Waals surface area contributed by atoms with Gasteiger partial charge in [0.25, 0.3) is 5.95 Å². The third-order valence-electron chi connectivity index (χ3n) is 4.06. The van der Waals surface area contributed by atoms with Crippen molar-refractivity contribution in [1.82, 2.24) is 19.7 Å². The van der Waals surface area contributed by atoms with Gasteiger partial charge in [-0.1, -0.05) is 30.3 Å². The Labute approximate surface area is 160 Å². The fourth-order valence-electron chi connectivity index (χ4n) is 2.71. The molecule has 4 rings (SSSR count). The van der Waals surface area contributed by atoms with Crippen LogP contribution in [0.3, 0.4) is 0 Å². The Morgan fingerprint density at radius 1 is 1.11 bits per heavy atom. The number of azo groups is 1. The van der Waals surface area contributed by atoms with Gasteiger partial charge in [0.15, 0.2) is 5.65 Å². The number of aromatic nitrogens is 4. The molecule has 2 aromatic heterocycles. The van der Waals surface area contributed by atoms with Crippen molar-refractivity contribution in [3.8, 4) is 5.69 Å². The van der Waals surface area contributed by atoms with E-state index in [-0.39, 0.29) is 11.9 Å². The first-order chi connectivity index (χ1) is 13.7. The first-order valence-corrected chi connectivity index (χ1v) is 8.55. The second-order valence-electron chi connectivity index (χ2n) is 5.93. The molecule has 0 aliphatic carbocycles. The van der Waals surface area contributed by atoms with Crippen LogP contribution in [-0.2, 0) is 11.3 Å². The van der Waals surface area contributed by atoms with Gasteiger partial charge in [0.2, 0.25) is 0 Å². The molecule has 0 bridgehead atoms. The molecular formula is C20H16N6O2. The number of ether oxygens (including phenoxy) is 1. The maximum atomic E-state index is 11.6. The minimum absolute atomic E-state index is 0.245. The lowest BCUT2D eigenvalue weighted by molar-refractivity contribution is 0.0600. The highest BCUT2D eigenvalue weighted by Gasteiger charge is 2.08. The molecule has 0 aliphatic rings. The van der Waals surface area contributed by atoms with E-state index >= 15 is 0 Å². The highest BCUT2D eigenvalue weighted by atomic mass is 16.5. The molecule has 0 saturated heterocycles. The normalized spacial score (nSPS) is 11.2. The molecule has 4 aromatic rings. The van der Waals surface area contributed by atoms with E-state index in [9.17, 15) is 4.79 Å². The smallest absolute Gasteiger partial charge is 0.337 e. The molecule has 0 spiro atoms. The molecule has 0 amide bonds. The molecule has 0 unspecified atom stereocenters. The summed E-state index contributed by atoms with van der Waals surface area (Å²) in [5.74, 6) is -0.143. The molecule has 0 fully saturated rings. The van der Waals surface area contributed by atoms with Crippen LogP contribution in [0.5, 0.6) is 0 Å². The van der Waals surface area contributed by atoms with Crippen LogP contribution in [0.15, 0.2) is 77.2 Å². The van der Waals surface area contributed by atoms with Gasteiger partial charge >= 0.3 is 5.97 Å². The number of hydrogen-bond acceptors (Lipinski definition) is 7. The van der Waals surface area contributed by atoms with Gasteiger partial charge in [-0.25, -0.2) is 14.5 Å². The summed E-state index contributed by atoms with van der Waals surface area (Å²) in [7, 11) is 1.35. The molecule has 0 aliphatic heterocycles. The van der Waals surface area contributed by atoms with Gasteiger partial charge in [-0.3, -0.25) is 0 Å². The number of methoxy groups -OCH3 is 1. The summed E-state index contributed by atoms with van der Waals surface area (Å²) in [5.41, 5.74) is 2.86. The maximum Gasteiger partial charge on any atom is 0.337 e. The van der Waals surface area contributed by atoms with Crippen LogP contribution in [0.1, 0.15) is 15.9 Å². The zero-order valence-corrected chi connectivity index (χ0v) is 15.1. The number of carbonyl (C=O) groups is 1. The summed E-state index contributed by atoms with van der Waals surface area (Å²) in [4.78, 5) is 20.3. The number of fused-ring (bicyclic) bond motifs is 1. The van der Waals surface area contributed by atoms with Crippen molar-refractivity contribution < 1.29 is 9.53 Å². The van der Waals surface area contributed by atoms with Crippen molar-refractivity contribution >= 4 is 23.0 Å². The predicted octanol–water partition coefficient (Wildman–Crippen LogP) is 3.89. The second kappa shape index (κ2) is 7.75. The summed E-state index contributed by atoms with van der Waals surface area (Å²) < 4.78 is 6.46. The van der Waals surface area contributed by atoms with Gasteiger partial charge in [-0.15, -0.1) is 5.11 Å². The van der Waals surface area contributed by atoms with Crippen molar-refractivity contribution in [3.05, 3.63) is 78.1 Å². The van der Waals surface area contributed by atoms with Gasteiger partial charge < -0.3 is 4.74 Å². The molecule has 0 radical (unpaired) electrons. The molecule has 0 N–H and O–H groups in total. The van der Waals surface area contributed by atoms with Crippen molar-refractivity contribution in [2.75, 3.05) is 7.11 Å².